The molecule has 3 aromatic rings. The standard InChI is InChI=1S/C23H28N6OS/c1-28(2)20-13-17(25-22(27-20)18-10-7-11-24-18)14-29(3)23(30)19-15-31-21(26-19)12-16-8-5-4-6-9-16/h4-6,8-9,13,15,18,24H,7,10-12,14H2,1-3H3. The van der Waals surface area contributed by atoms with Crippen molar-refractivity contribution in [3.63, 3.8) is 0 Å². The zero-order valence-corrected chi connectivity index (χ0v) is 19.0. The predicted octanol–water partition coefficient (Wildman–Crippen LogP) is 3.29. The number of nitrogens with one attached hydrogen (secondary N) is 1. The molecule has 162 valence electrons. The monoisotopic (exact) mass is 436 g/mol. The molecule has 1 aromatic carbocycles. The summed E-state index contributed by atoms with van der Waals surface area (Å²) in [6.45, 7) is 1.40. The van der Waals surface area contributed by atoms with E-state index in [9.17, 15) is 4.79 Å². The number of anilines is 1. The number of thiazole rings is 1. The number of carbonyl (C=O) groups excluding carboxylic acids is 1. The van der Waals surface area contributed by atoms with Crippen LogP contribution in [0.3, 0.4) is 0 Å². The van der Waals surface area contributed by atoms with Crippen molar-refractivity contribution in [2.45, 2.75) is 31.8 Å². The van der Waals surface area contributed by atoms with E-state index in [0.717, 1.165) is 48.2 Å². The second-order valence-corrected chi connectivity index (χ2v) is 9.01. The fraction of sp³-hybridized carbons (Fsp3) is 0.391. The molecule has 31 heavy (non-hydrogen) atoms. The average molecular weight is 437 g/mol. The summed E-state index contributed by atoms with van der Waals surface area (Å²) in [5.41, 5.74) is 2.51. The Kier molecular flexibility index (Phi) is 6.58. The van der Waals surface area contributed by atoms with Crippen molar-refractivity contribution < 1.29 is 4.79 Å². The highest BCUT2D eigenvalue weighted by Crippen LogP contribution is 2.23. The lowest BCUT2D eigenvalue weighted by Gasteiger charge is -2.20. The highest BCUT2D eigenvalue weighted by atomic mass is 32.1. The van der Waals surface area contributed by atoms with Crippen LogP contribution in [0.4, 0.5) is 5.82 Å². The van der Waals surface area contributed by atoms with Crippen LogP contribution in [0, 0.1) is 0 Å². The molecule has 7 nitrogen and oxygen atoms in total. The third-order valence-corrected chi connectivity index (χ3v) is 6.18. The van der Waals surface area contributed by atoms with Gasteiger partial charge in [-0.2, -0.15) is 0 Å². The first-order valence-corrected chi connectivity index (χ1v) is 11.4. The zero-order chi connectivity index (χ0) is 21.8. The largest absolute Gasteiger partial charge is 0.363 e. The third-order valence-electron chi connectivity index (χ3n) is 5.33. The van der Waals surface area contributed by atoms with Gasteiger partial charge in [0.1, 0.15) is 17.3 Å². The summed E-state index contributed by atoms with van der Waals surface area (Å²) in [4.78, 5) is 30.7. The van der Waals surface area contributed by atoms with E-state index in [1.807, 2.05) is 48.6 Å². The van der Waals surface area contributed by atoms with Gasteiger partial charge in [-0.25, -0.2) is 15.0 Å². The Morgan fingerprint density at radius 2 is 1.97 bits per heavy atom. The summed E-state index contributed by atoms with van der Waals surface area (Å²) < 4.78 is 0. The van der Waals surface area contributed by atoms with Gasteiger partial charge in [-0.15, -0.1) is 11.3 Å². The van der Waals surface area contributed by atoms with Crippen molar-refractivity contribution in [2.75, 3.05) is 32.6 Å². The number of amides is 1. The minimum Gasteiger partial charge on any atom is -0.363 e. The Morgan fingerprint density at radius 1 is 1.16 bits per heavy atom. The van der Waals surface area contributed by atoms with E-state index in [0.29, 0.717) is 12.2 Å². The lowest BCUT2D eigenvalue weighted by atomic mass is 10.2. The van der Waals surface area contributed by atoms with Gasteiger partial charge in [0.05, 0.1) is 23.3 Å². The number of rotatable bonds is 7. The summed E-state index contributed by atoms with van der Waals surface area (Å²) in [5.74, 6) is 1.56. The molecule has 8 heteroatoms. The molecular formula is C23H28N6OS. The number of nitrogens with zero attached hydrogens (tertiary/aromatic N) is 5. The van der Waals surface area contributed by atoms with Crippen LogP contribution >= 0.6 is 11.3 Å². The molecule has 0 radical (unpaired) electrons. The van der Waals surface area contributed by atoms with Gasteiger partial charge in [-0.3, -0.25) is 4.79 Å². The van der Waals surface area contributed by atoms with Crippen molar-refractivity contribution in [1.82, 2.24) is 25.2 Å². The van der Waals surface area contributed by atoms with Crippen molar-refractivity contribution in [3.05, 3.63) is 69.6 Å². The molecule has 1 amide bonds. The van der Waals surface area contributed by atoms with E-state index in [4.69, 9.17) is 9.97 Å². The Balaban J connectivity index is 1.47. The molecule has 3 heterocycles. The highest BCUT2D eigenvalue weighted by molar-refractivity contribution is 7.09. The topological polar surface area (TPSA) is 74.2 Å². The number of hydrogen-bond donors (Lipinski definition) is 1. The zero-order valence-electron chi connectivity index (χ0n) is 18.2. The van der Waals surface area contributed by atoms with Gasteiger partial charge in [0.15, 0.2) is 0 Å². The Hall–Kier alpha value is -2.84. The number of aromatic nitrogens is 3. The van der Waals surface area contributed by atoms with Gasteiger partial charge in [-0.1, -0.05) is 30.3 Å². The first-order chi connectivity index (χ1) is 15.0. The van der Waals surface area contributed by atoms with E-state index in [1.165, 1.54) is 16.9 Å². The van der Waals surface area contributed by atoms with Crippen molar-refractivity contribution >= 4 is 23.1 Å². The van der Waals surface area contributed by atoms with Crippen LogP contribution in [-0.2, 0) is 13.0 Å². The Bertz CT molecular complexity index is 1030. The molecule has 1 fully saturated rings. The summed E-state index contributed by atoms with van der Waals surface area (Å²) >= 11 is 1.52. The molecule has 1 saturated heterocycles. The first-order valence-electron chi connectivity index (χ1n) is 10.5. The Morgan fingerprint density at radius 3 is 2.68 bits per heavy atom. The van der Waals surface area contributed by atoms with Gasteiger partial charge < -0.3 is 15.1 Å². The van der Waals surface area contributed by atoms with E-state index >= 15 is 0 Å². The van der Waals surface area contributed by atoms with Crippen molar-refractivity contribution in [1.29, 1.82) is 0 Å². The van der Waals surface area contributed by atoms with Crippen LogP contribution in [0.2, 0.25) is 0 Å². The maximum absolute atomic E-state index is 13.0. The minimum absolute atomic E-state index is 0.0962. The number of benzene rings is 1. The van der Waals surface area contributed by atoms with Crippen LogP contribution in [0.15, 0.2) is 41.8 Å². The third kappa shape index (κ3) is 5.26. The maximum Gasteiger partial charge on any atom is 0.273 e. The molecule has 2 aromatic heterocycles. The molecule has 0 aliphatic carbocycles. The lowest BCUT2D eigenvalue weighted by molar-refractivity contribution is 0.0778. The predicted molar refractivity (Wildman–Crippen MR) is 123 cm³/mol. The fourth-order valence-electron chi connectivity index (χ4n) is 3.65. The molecule has 4 rings (SSSR count). The summed E-state index contributed by atoms with van der Waals surface area (Å²) in [6.07, 6.45) is 2.90. The summed E-state index contributed by atoms with van der Waals surface area (Å²) in [5, 5.41) is 6.24. The Labute approximate surface area is 187 Å². The molecule has 1 aliphatic heterocycles. The SMILES string of the molecule is CN(Cc1cc(N(C)C)nc(C2CCCN2)n1)C(=O)c1csc(Cc2ccccc2)n1. The minimum atomic E-state index is -0.0962. The molecule has 1 N–H and O–H groups in total. The van der Waals surface area contributed by atoms with Gasteiger partial charge in [0.2, 0.25) is 0 Å². The van der Waals surface area contributed by atoms with E-state index < -0.39 is 0 Å². The van der Waals surface area contributed by atoms with Crippen LogP contribution in [0.1, 0.15) is 51.5 Å². The second-order valence-electron chi connectivity index (χ2n) is 8.07. The van der Waals surface area contributed by atoms with Crippen molar-refractivity contribution in [3.8, 4) is 0 Å². The van der Waals surface area contributed by atoms with Crippen LogP contribution in [-0.4, -0.2) is 53.4 Å². The average Bonchev–Trinajstić information content (AvgIpc) is 3.46. The fourth-order valence-corrected chi connectivity index (χ4v) is 4.45. The van der Waals surface area contributed by atoms with Gasteiger partial charge in [0.25, 0.3) is 5.91 Å². The normalized spacial score (nSPS) is 15.8. The first kappa shape index (κ1) is 21.4. The van der Waals surface area contributed by atoms with Gasteiger partial charge in [0, 0.05) is 39.0 Å². The number of carbonyl (C=O) groups is 1. The quantitative estimate of drug-likeness (QED) is 0.613. The molecule has 1 atom stereocenters. The lowest BCUT2D eigenvalue weighted by Crippen LogP contribution is -2.28. The summed E-state index contributed by atoms with van der Waals surface area (Å²) in [7, 11) is 5.73. The molecule has 1 unspecified atom stereocenters. The molecular weight excluding hydrogens is 408 g/mol. The van der Waals surface area contributed by atoms with Crippen molar-refractivity contribution in [2.24, 2.45) is 0 Å². The van der Waals surface area contributed by atoms with Crippen LogP contribution < -0.4 is 10.2 Å². The smallest absolute Gasteiger partial charge is 0.273 e. The molecule has 0 spiro atoms. The van der Waals surface area contributed by atoms with E-state index in [-0.39, 0.29) is 11.9 Å². The van der Waals surface area contributed by atoms with E-state index in [2.05, 4.69) is 22.4 Å². The second kappa shape index (κ2) is 9.53. The maximum atomic E-state index is 13.0. The van der Waals surface area contributed by atoms with E-state index in [1.54, 1.807) is 11.9 Å². The molecule has 1 aliphatic rings. The highest BCUT2D eigenvalue weighted by Gasteiger charge is 2.22. The van der Waals surface area contributed by atoms with Crippen LogP contribution in [0.5, 0.6) is 0 Å². The van der Waals surface area contributed by atoms with Gasteiger partial charge in [-0.05, 0) is 24.9 Å². The molecule has 0 saturated carbocycles. The van der Waals surface area contributed by atoms with Gasteiger partial charge >= 0.3 is 0 Å². The van der Waals surface area contributed by atoms with Crippen LogP contribution in [0.25, 0.3) is 0 Å². The summed E-state index contributed by atoms with van der Waals surface area (Å²) in [6, 6.07) is 12.3. The molecule has 0 bridgehead atoms. The number of hydrogen-bond acceptors (Lipinski definition) is 7.